The highest BCUT2D eigenvalue weighted by atomic mass is 16.3. The molecule has 2 heterocycles. The molecule has 1 fully saturated rings. The van der Waals surface area contributed by atoms with Crippen LogP contribution in [0.3, 0.4) is 0 Å². The topological polar surface area (TPSA) is 73.7 Å². The van der Waals surface area contributed by atoms with Gasteiger partial charge in [0.2, 0.25) is 0 Å². The Labute approximate surface area is 106 Å². The molecule has 0 aliphatic carbocycles. The zero-order chi connectivity index (χ0) is 13.1. The lowest BCUT2D eigenvalue weighted by molar-refractivity contribution is 0.0227. The number of aliphatic hydroxyl groups is 1. The van der Waals surface area contributed by atoms with Gasteiger partial charge < -0.3 is 15.1 Å². The molecular formula is C13H18N2O3. The van der Waals surface area contributed by atoms with Crippen molar-refractivity contribution < 1.29 is 15.0 Å². The predicted molar refractivity (Wildman–Crippen MR) is 66.2 cm³/mol. The van der Waals surface area contributed by atoms with Gasteiger partial charge in [-0.15, -0.1) is 0 Å². The molecule has 1 aromatic heterocycles. The second-order valence-corrected chi connectivity index (χ2v) is 4.67. The van der Waals surface area contributed by atoms with Crippen LogP contribution < -0.4 is 0 Å². The van der Waals surface area contributed by atoms with E-state index in [4.69, 9.17) is 0 Å². The molecule has 1 saturated heterocycles. The molecule has 1 aliphatic rings. The SMILES string of the molecule is CCC1CN(C(=O)c2ccncc2O)CCC1O. The number of hydrogen-bond donors (Lipinski definition) is 2. The third kappa shape index (κ3) is 2.46. The van der Waals surface area contributed by atoms with E-state index in [0.29, 0.717) is 19.5 Å². The fourth-order valence-corrected chi connectivity index (χ4v) is 2.34. The van der Waals surface area contributed by atoms with Gasteiger partial charge in [0, 0.05) is 25.2 Å². The fourth-order valence-electron chi connectivity index (χ4n) is 2.34. The van der Waals surface area contributed by atoms with Crippen LogP contribution in [-0.4, -0.2) is 45.2 Å². The molecule has 2 atom stereocenters. The number of aliphatic hydroxyl groups excluding tert-OH is 1. The van der Waals surface area contributed by atoms with Crippen molar-refractivity contribution in [1.82, 2.24) is 9.88 Å². The highest BCUT2D eigenvalue weighted by molar-refractivity contribution is 5.96. The molecule has 2 unspecified atom stereocenters. The number of pyridine rings is 1. The molecule has 2 N–H and O–H groups in total. The summed E-state index contributed by atoms with van der Waals surface area (Å²) in [6.07, 6.45) is 3.86. The minimum absolute atomic E-state index is 0.0957. The van der Waals surface area contributed by atoms with Crippen LogP contribution in [0.1, 0.15) is 30.1 Å². The molecule has 18 heavy (non-hydrogen) atoms. The van der Waals surface area contributed by atoms with Crippen LogP contribution in [0.25, 0.3) is 0 Å². The summed E-state index contributed by atoms with van der Waals surface area (Å²) in [5.74, 6) is -0.173. The van der Waals surface area contributed by atoms with Gasteiger partial charge in [0.15, 0.2) is 0 Å². The summed E-state index contributed by atoms with van der Waals surface area (Å²) in [7, 11) is 0. The first-order chi connectivity index (χ1) is 8.63. The Balaban J connectivity index is 2.13. The standard InChI is InChI=1S/C13H18N2O3/c1-2-9-8-15(6-4-11(9)16)13(18)10-3-5-14-7-12(10)17/h3,5,7,9,11,16-17H,2,4,6,8H2,1H3. The monoisotopic (exact) mass is 250 g/mol. The molecule has 5 heteroatoms. The van der Waals surface area contributed by atoms with Gasteiger partial charge in [0.1, 0.15) is 5.75 Å². The van der Waals surface area contributed by atoms with Crippen molar-refractivity contribution in [3.63, 3.8) is 0 Å². The Morgan fingerprint density at radius 3 is 3.06 bits per heavy atom. The number of nitrogens with zero attached hydrogens (tertiary/aromatic N) is 2. The average Bonchev–Trinajstić information content (AvgIpc) is 2.39. The lowest BCUT2D eigenvalue weighted by Crippen LogP contribution is -2.45. The Hall–Kier alpha value is -1.62. The first-order valence-electron chi connectivity index (χ1n) is 6.23. The maximum atomic E-state index is 12.2. The van der Waals surface area contributed by atoms with Crippen LogP contribution in [0.2, 0.25) is 0 Å². The van der Waals surface area contributed by atoms with Gasteiger partial charge >= 0.3 is 0 Å². The van der Waals surface area contributed by atoms with Gasteiger partial charge in [-0.05, 0) is 18.9 Å². The fraction of sp³-hybridized carbons (Fsp3) is 0.538. The van der Waals surface area contributed by atoms with Crippen LogP contribution in [0.5, 0.6) is 5.75 Å². The summed E-state index contributed by atoms with van der Waals surface area (Å²) in [6.45, 7) is 3.07. The third-order valence-corrected chi connectivity index (χ3v) is 3.54. The molecule has 0 saturated carbocycles. The molecular weight excluding hydrogens is 232 g/mol. The van der Waals surface area contributed by atoms with Gasteiger partial charge in [-0.25, -0.2) is 0 Å². The average molecular weight is 250 g/mol. The predicted octanol–water partition coefficient (Wildman–Crippen LogP) is 1.02. The van der Waals surface area contributed by atoms with Gasteiger partial charge in [0.25, 0.3) is 5.91 Å². The molecule has 5 nitrogen and oxygen atoms in total. The summed E-state index contributed by atoms with van der Waals surface area (Å²) < 4.78 is 0. The second kappa shape index (κ2) is 5.35. The number of aromatic nitrogens is 1. The van der Waals surface area contributed by atoms with E-state index in [1.165, 1.54) is 18.5 Å². The van der Waals surface area contributed by atoms with E-state index in [0.717, 1.165) is 6.42 Å². The van der Waals surface area contributed by atoms with Crippen LogP contribution in [-0.2, 0) is 0 Å². The number of rotatable bonds is 2. The summed E-state index contributed by atoms with van der Waals surface area (Å²) in [4.78, 5) is 17.7. The van der Waals surface area contributed by atoms with Crippen LogP contribution in [0.4, 0.5) is 0 Å². The van der Waals surface area contributed by atoms with Crippen molar-refractivity contribution in [2.75, 3.05) is 13.1 Å². The Kier molecular flexibility index (Phi) is 3.81. The van der Waals surface area contributed by atoms with E-state index in [1.807, 2.05) is 6.92 Å². The van der Waals surface area contributed by atoms with Crippen molar-refractivity contribution in [3.8, 4) is 5.75 Å². The van der Waals surface area contributed by atoms with E-state index < -0.39 is 0 Å². The molecule has 0 radical (unpaired) electrons. The molecule has 1 aliphatic heterocycles. The second-order valence-electron chi connectivity index (χ2n) is 4.67. The van der Waals surface area contributed by atoms with E-state index in [9.17, 15) is 15.0 Å². The van der Waals surface area contributed by atoms with E-state index in [-0.39, 0.29) is 29.2 Å². The molecule has 98 valence electrons. The minimum Gasteiger partial charge on any atom is -0.505 e. The number of aromatic hydroxyl groups is 1. The molecule has 0 bridgehead atoms. The van der Waals surface area contributed by atoms with E-state index in [1.54, 1.807) is 4.90 Å². The van der Waals surface area contributed by atoms with Crippen LogP contribution in [0, 0.1) is 5.92 Å². The molecule has 0 spiro atoms. The molecule has 2 rings (SSSR count). The first kappa shape index (κ1) is 12.8. The summed E-state index contributed by atoms with van der Waals surface area (Å²) in [6, 6.07) is 1.52. The molecule has 1 aromatic rings. The Morgan fingerprint density at radius 2 is 2.39 bits per heavy atom. The third-order valence-electron chi connectivity index (χ3n) is 3.54. The Morgan fingerprint density at radius 1 is 1.61 bits per heavy atom. The number of amides is 1. The number of piperidine rings is 1. The number of carbonyl (C=O) groups excluding carboxylic acids is 1. The summed E-state index contributed by atoms with van der Waals surface area (Å²) >= 11 is 0. The smallest absolute Gasteiger partial charge is 0.257 e. The van der Waals surface area contributed by atoms with Crippen molar-refractivity contribution in [2.24, 2.45) is 5.92 Å². The molecule has 1 amide bonds. The van der Waals surface area contributed by atoms with Crippen molar-refractivity contribution in [3.05, 3.63) is 24.0 Å². The summed E-state index contributed by atoms with van der Waals surface area (Å²) in [5.41, 5.74) is 0.274. The van der Waals surface area contributed by atoms with Crippen LogP contribution >= 0.6 is 0 Å². The normalized spacial score (nSPS) is 24.0. The highest BCUT2D eigenvalue weighted by Crippen LogP contribution is 2.23. The van der Waals surface area contributed by atoms with Gasteiger partial charge in [0.05, 0.1) is 17.9 Å². The van der Waals surface area contributed by atoms with Gasteiger partial charge in [-0.1, -0.05) is 6.92 Å². The lowest BCUT2D eigenvalue weighted by atomic mass is 9.92. The Bertz CT molecular complexity index is 436. The van der Waals surface area contributed by atoms with Crippen molar-refractivity contribution in [2.45, 2.75) is 25.9 Å². The highest BCUT2D eigenvalue weighted by Gasteiger charge is 2.30. The maximum Gasteiger partial charge on any atom is 0.257 e. The summed E-state index contributed by atoms with van der Waals surface area (Å²) in [5, 5.41) is 19.4. The van der Waals surface area contributed by atoms with Gasteiger partial charge in [-0.3, -0.25) is 9.78 Å². The first-order valence-corrected chi connectivity index (χ1v) is 6.23. The van der Waals surface area contributed by atoms with E-state index >= 15 is 0 Å². The van der Waals surface area contributed by atoms with E-state index in [2.05, 4.69) is 4.98 Å². The number of likely N-dealkylation sites (tertiary alicyclic amines) is 1. The van der Waals surface area contributed by atoms with Crippen molar-refractivity contribution in [1.29, 1.82) is 0 Å². The quantitative estimate of drug-likeness (QED) is 0.822. The minimum atomic E-state index is -0.329. The van der Waals surface area contributed by atoms with Crippen molar-refractivity contribution >= 4 is 5.91 Å². The largest absolute Gasteiger partial charge is 0.505 e. The lowest BCUT2D eigenvalue weighted by Gasteiger charge is -2.35. The zero-order valence-electron chi connectivity index (χ0n) is 10.4. The zero-order valence-corrected chi connectivity index (χ0v) is 10.4. The maximum absolute atomic E-state index is 12.2. The number of carbonyl (C=O) groups is 1. The van der Waals surface area contributed by atoms with Crippen LogP contribution in [0.15, 0.2) is 18.5 Å². The molecule has 0 aromatic carbocycles. The number of hydrogen-bond acceptors (Lipinski definition) is 4. The van der Waals surface area contributed by atoms with Gasteiger partial charge in [-0.2, -0.15) is 0 Å².